The van der Waals surface area contributed by atoms with Gasteiger partial charge in [-0.2, -0.15) is 5.26 Å². The molecular weight excluding hydrogens is 231 g/mol. The van der Waals surface area contributed by atoms with Crippen LogP contribution < -0.4 is 0 Å². The Hall–Kier alpha value is -2.25. The van der Waals surface area contributed by atoms with Crippen molar-refractivity contribution in [3.8, 4) is 6.07 Å². The third-order valence-electron chi connectivity index (χ3n) is 2.87. The summed E-state index contributed by atoms with van der Waals surface area (Å²) in [6.45, 7) is 1.51. The molecule has 0 fully saturated rings. The molecule has 18 heavy (non-hydrogen) atoms. The molecule has 4 heteroatoms. The van der Waals surface area contributed by atoms with Gasteiger partial charge in [-0.05, 0) is 30.7 Å². The summed E-state index contributed by atoms with van der Waals surface area (Å²) in [6.07, 6.45) is 2.49. The number of pyridine rings is 1. The molecule has 90 valence electrons. The third kappa shape index (κ3) is 2.08. The molecule has 0 spiro atoms. The zero-order valence-corrected chi connectivity index (χ0v) is 9.76. The van der Waals surface area contributed by atoms with Gasteiger partial charge in [0.2, 0.25) is 0 Å². The molecule has 0 saturated heterocycles. The Kier molecular flexibility index (Phi) is 3.09. The first-order valence-corrected chi connectivity index (χ1v) is 5.38. The Morgan fingerprint density at radius 1 is 1.28 bits per heavy atom. The molecule has 0 saturated carbocycles. The fourth-order valence-electron chi connectivity index (χ4n) is 1.79. The lowest BCUT2D eigenvalue weighted by Crippen LogP contribution is -2.24. The number of halogens is 1. The Bertz CT molecular complexity index is 600. The first-order chi connectivity index (χ1) is 8.55. The Balaban J connectivity index is 2.48. The molecule has 0 radical (unpaired) electrons. The van der Waals surface area contributed by atoms with E-state index in [1.807, 2.05) is 6.07 Å². The summed E-state index contributed by atoms with van der Waals surface area (Å²) in [4.78, 5) is 3.65. The maximum absolute atomic E-state index is 13.6. The van der Waals surface area contributed by atoms with Crippen molar-refractivity contribution in [2.24, 2.45) is 0 Å². The van der Waals surface area contributed by atoms with Gasteiger partial charge in [0.05, 0.1) is 17.8 Å². The summed E-state index contributed by atoms with van der Waals surface area (Å²) in [5, 5.41) is 19.2. The van der Waals surface area contributed by atoms with Crippen LogP contribution in [0.15, 0.2) is 42.7 Å². The van der Waals surface area contributed by atoms with Gasteiger partial charge in [0.25, 0.3) is 0 Å². The van der Waals surface area contributed by atoms with Crippen molar-refractivity contribution in [2.75, 3.05) is 0 Å². The molecule has 0 amide bonds. The predicted octanol–water partition coefficient (Wildman–Crippen LogP) is 2.35. The topological polar surface area (TPSA) is 56.9 Å². The number of rotatable bonds is 2. The van der Waals surface area contributed by atoms with E-state index in [2.05, 4.69) is 4.98 Å². The maximum Gasteiger partial charge on any atom is 0.147 e. The second-order valence-electron chi connectivity index (χ2n) is 4.12. The minimum absolute atomic E-state index is 0.155. The van der Waals surface area contributed by atoms with E-state index in [0.717, 1.165) is 6.20 Å². The number of aliphatic hydroxyl groups is 1. The third-order valence-corrected chi connectivity index (χ3v) is 2.87. The number of benzene rings is 1. The molecule has 1 unspecified atom stereocenters. The highest BCUT2D eigenvalue weighted by Gasteiger charge is 2.28. The summed E-state index contributed by atoms with van der Waals surface area (Å²) in [6, 6.07) is 9.82. The van der Waals surface area contributed by atoms with Gasteiger partial charge in [-0.1, -0.05) is 12.1 Å². The van der Waals surface area contributed by atoms with Crippen molar-refractivity contribution in [2.45, 2.75) is 12.5 Å². The van der Waals surface area contributed by atoms with E-state index in [9.17, 15) is 9.50 Å². The zero-order chi connectivity index (χ0) is 13.2. The molecule has 1 heterocycles. The Labute approximate surface area is 104 Å². The fraction of sp³-hybridized carbons (Fsp3) is 0.143. The summed E-state index contributed by atoms with van der Waals surface area (Å²) >= 11 is 0. The van der Waals surface area contributed by atoms with Crippen LogP contribution in [0.2, 0.25) is 0 Å². The Morgan fingerprint density at radius 2 is 1.94 bits per heavy atom. The number of aromatic nitrogens is 1. The average molecular weight is 242 g/mol. The standard InChI is InChI=1S/C14H11FN2O/c1-14(18,12-6-7-17-9-13(12)15)11-4-2-10(8-16)3-5-11/h2-7,9,18H,1H3. The summed E-state index contributed by atoms with van der Waals surface area (Å²) < 4.78 is 13.6. The lowest BCUT2D eigenvalue weighted by molar-refractivity contribution is 0.0978. The van der Waals surface area contributed by atoms with Gasteiger partial charge in [-0.15, -0.1) is 0 Å². The second-order valence-corrected chi connectivity index (χ2v) is 4.12. The van der Waals surface area contributed by atoms with E-state index in [1.165, 1.54) is 19.2 Å². The number of nitrogens with zero attached hydrogens (tertiary/aromatic N) is 2. The molecule has 0 aliphatic carbocycles. The summed E-state index contributed by atoms with van der Waals surface area (Å²) in [7, 11) is 0. The van der Waals surface area contributed by atoms with Crippen molar-refractivity contribution in [1.82, 2.24) is 4.98 Å². The molecule has 1 aromatic carbocycles. The van der Waals surface area contributed by atoms with Crippen molar-refractivity contribution >= 4 is 0 Å². The van der Waals surface area contributed by atoms with Gasteiger partial charge in [0.1, 0.15) is 11.4 Å². The van der Waals surface area contributed by atoms with Gasteiger partial charge in [0, 0.05) is 11.8 Å². The average Bonchev–Trinajstić information content (AvgIpc) is 2.39. The molecule has 0 aliphatic rings. The van der Waals surface area contributed by atoms with Gasteiger partial charge in [-0.3, -0.25) is 4.98 Å². The van der Waals surface area contributed by atoms with E-state index < -0.39 is 11.4 Å². The van der Waals surface area contributed by atoms with Crippen LogP contribution in [0.5, 0.6) is 0 Å². The van der Waals surface area contributed by atoms with Gasteiger partial charge < -0.3 is 5.11 Å². The molecule has 1 aromatic heterocycles. The molecule has 0 aliphatic heterocycles. The lowest BCUT2D eigenvalue weighted by Gasteiger charge is -2.24. The quantitative estimate of drug-likeness (QED) is 0.879. The van der Waals surface area contributed by atoms with Crippen LogP contribution in [0.4, 0.5) is 4.39 Å². The largest absolute Gasteiger partial charge is 0.381 e. The molecule has 1 atom stereocenters. The first-order valence-electron chi connectivity index (χ1n) is 5.38. The molecule has 1 N–H and O–H groups in total. The highest BCUT2D eigenvalue weighted by Crippen LogP contribution is 2.30. The first kappa shape index (κ1) is 12.2. The normalized spacial score (nSPS) is 13.7. The van der Waals surface area contributed by atoms with Crippen molar-refractivity contribution in [1.29, 1.82) is 5.26 Å². The van der Waals surface area contributed by atoms with Crippen LogP contribution >= 0.6 is 0 Å². The van der Waals surface area contributed by atoms with Crippen LogP contribution in [0, 0.1) is 17.1 Å². The second kappa shape index (κ2) is 4.55. The van der Waals surface area contributed by atoms with Crippen LogP contribution in [0.1, 0.15) is 23.6 Å². The van der Waals surface area contributed by atoms with E-state index >= 15 is 0 Å². The van der Waals surface area contributed by atoms with Crippen molar-refractivity contribution in [3.05, 3.63) is 65.2 Å². The number of hydrogen-bond donors (Lipinski definition) is 1. The van der Waals surface area contributed by atoms with E-state index in [0.29, 0.717) is 11.1 Å². The van der Waals surface area contributed by atoms with Crippen LogP contribution in [0.3, 0.4) is 0 Å². The summed E-state index contributed by atoms with van der Waals surface area (Å²) in [5.74, 6) is -0.563. The smallest absolute Gasteiger partial charge is 0.147 e. The van der Waals surface area contributed by atoms with E-state index in [4.69, 9.17) is 5.26 Å². The molecular formula is C14H11FN2O. The molecule has 2 rings (SSSR count). The molecule has 2 aromatic rings. The van der Waals surface area contributed by atoms with Gasteiger partial charge in [-0.25, -0.2) is 4.39 Å². The van der Waals surface area contributed by atoms with Crippen molar-refractivity contribution in [3.63, 3.8) is 0 Å². The van der Waals surface area contributed by atoms with Gasteiger partial charge >= 0.3 is 0 Å². The Morgan fingerprint density at radius 3 is 2.50 bits per heavy atom. The highest BCUT2D eigenvalue weighted by atomic mass is 19.1. The minimum atomic E-state index is -1.46. The monoisotopic (exact) mass is 242 g/mol. The molecule has 3 nitrogen and oxygen atoms in total. The maximum atomic E-state index is 13.6. The fourth-order valence-corrected chi connectivity index (χ4v) is 1.79. The molecule has 0 bridgehead atoms. The van der Waals surface area contributed by atoms with Crippen molar-refractivity contribution < 1.29 is 9.50 Å². The van der Waals surface area contributed by atoms with Crippen LogP contribution in [0.25, 0.3) is 0 Å². The number of hydrogen-bond acceptors (Lipinski definition) is 3. The van der Waals surface area contributed by atoms with E-state index in [1.54, 1.807) is 24.3 Å². The highest BCUT2D eigenvalue weighted by molar-refractivity contribution is 5.39. The predicted molar refractivity (Wildman–Crippen MR) is 64.0 cm³/mol. The van der Waals surface area contributed by atoms with E-state index in [-0.39, 0.29) is 5.56 Å². The SMILES string of the molecule is CC(O)(c1ccc(C#N)cc1)c1ccncc1F. The van der Waals surface area contributed by atoms with Crippen LogP contribution in [-0.2, 0) is 5.60 Å². The minimum Gasteiger partial charge on any atom is -0.381 e. The summed E-state index contributed by atoms with van der Waals surface area (Å²) in [5.41, 5.74) is -0.292. The zero-order valence-electron chi connectivity index (χ0n) is 9.76. The van der Waals surface area contributed by atoms with Crippen LogP contribution in [-0.4, -0.2) is 10.1 Å². The van der Waals surface area contributed by atoms with Gasteiger partial charge in [0.15, 0.2) is 0 Å². The number of nitriles is 1. The lowest BCUT2D eigenvalue weighted by atomic mass is 9.88.